The minimum atomic E-state index is -0.806. The van der Waals surface area contributed by atoms with Crippen LogP contribution < -0.4 is 26.0 Å². The van der Waals surface area contributed by atoms with E-state index in [2.05, 4.69) is 36.2 Å². The second-order valence-electron chi connectivity index (χ2n) is 12.3. The van der Waals surface area contributed by atoms with Gasteiger partial charge in [-0.05, 0) is 62.6 Å². The van der Waals surface area contributed by atoms with E-state index in [1.165, 1.54) is 13.4 Å². The van der Waals surface area contributed by atoms with Crippen LogP contribution in [0.2, 0.25) is 0 Å². The summed E-state index contributed by atoms with van der Waals surface area (Å²) in [5, 5.41) is 13.8. The number of carbonyl (C=O) groups is 3. The van der Waals surface area contributed by atoms with Crippen molar-refractivity contribution < 1.29 is 19.1 Å². The van der Waals surface area contributed by atoms with Crippen LogP contribution in [-0.4, -0.2) is 76.4 Å². The van der Waals surface area contributed by atoms with Crippen molar-refractivity contribution in [1.29, 1.82) is 0 Å². The first-order valence-corrected chi connectivity index (χ1v) is 15.0. The van der Waals surface area contributed by atoms with Crippen LogP contribution in [-0.2, 0) is 14.4 Å². The van der Waals surface area contributed by atoms with Crippen molar-refractivity contribution in [3.05, 3.63) is 55.0 Å². The van der Waals surface area contributed by atoms with E-state index in [9.17, 15) is 14.4 Å². The highest BCUT2D eigenvalue weighted by molar-refractivity contribution is 6.04. The van der Waals surface area contributed by atoms with Crippen LogP contribution in [0.4, 0.5) is 17.2 Å². The molecule has 2 aromatic heterocycles. The maximum atomic E-state index is 13.9. The summed E-state index contributed by atoms with van der Waals surface area (Å²) < 4.78 is 5.63. The summed E-state index contributed by atoms with van der Waals surface area (Å²) in [6.07, 6.45) is 4.38. The van der Waals surface area contributed by atoms with Crippen LogP contribution >= 0.6 is 12.4 Å². The van der Waals surface area contributed by atoms with Gasteiger partial charge in [0.2, 0.25) is 17.7 Å². The number of nitrogens with zero attached hydrogens (tertiary/aromatic N) is 4. The largest absolute Gasteiger partial charge is 0.494 e. The Morgan fingerprint density at radius 2 is 1.78 bits per heavy atom. The Balaban J connectivity index is 0.00000480. The smallest absolute Gasteiger partial charge is 0.247 e. The lowest BCUT2D eigenvalue weighted by Crippen LogP contribution is -2.59. The average molecular weight is 649 g/mol. The van der Waals surface area contributed by atoms with E-state index in [0.29, 0.717) is 47.5 Å². The van der Waals surface area contributed by atoms with Gasteiger partial charge in [-0.15, -0.1) is 12.4 Å². The summed E-state index contributed by atoms with van der Waals surface area (Å²) in [5.74, 6) is 0.0657. The Kier molecular flexibility index (Phi) is 10.6. The van der Waals surface area contributed by atoms with E-state index < -0.39 is 23.5 Å². The third kappa shape index (κ3) is 7.13. The molecule has 2 aromatic carbocycles. The van der Waals surface area contributed by atoms with Gasteiger partial charge in [-0.1, -0.05) is 26.8 Å². The monoisotopic (exact) mass is 648 g/mol. The van der Waals surface area contributed by atoms with Crippen LogP contribution in [0.15, 0.2) is 55.0 Å². The number of rotatable bonds is 9. The van der Waals surface area contributed by atoms with E-state index >= 15 is 0 Å². The molecule has 0 bridgehead atoms. The second-order valence-corrected chi connectivity index (χ2v) is 12.3. The zero-order valence-electron chi connectivity index (χ0n) is 26.9. The minimum Gasteiger partial charge on any atom is -0.494 e. The molecule has 0 spiro atoms. The normalized spacial score (nSPS) is 16.0. The molecule has 13 heteroatoms. The maximum Gasteiger partial charge on any atom is 0.247 e. The number of benzene rings is 2. The van der Waals surface area contributed by atoms with Gasteiger partial charge in [-0.3, -0.25) is 19.4 Å². The zero-order chi connectivity index (χ0) is 32.3. The summed E-state index contributed by atoms with van der Waals surface area (Å²) in [6, 6.07) is 11.2. The van der Waals surface area contributed by atoms with Crippen molar-refractivity contribution in [2.45, 2.75) is 58.7 Å². The fourth-order valence-electron chi connectivity index (χ4n) is 5.52. The Morgan fingerprint density at radius 3 is 2.50 bits per heavy atom. The van der Waals surface area contributed by atoms with Crippen molar-refractivity contribution in [3.63, 3.8) is 0 Å². The van der Waals surface area contributed by atoms with Crippen molar-refractivity contribution in [1.82, 2.24) is 30.5 Å². The number of likely N-dealkylation sites (tertiary alicyclic amines) is 1. The molecule has 1 fully saturated rings. The number of methoxy groups -OCH3 is 1. The second kappa shape index (κ2) is 14.3. The number of carbonyl (C=O) groups excluding carboxylic acids is 3. The van der Waals surface area contributed by atoms with Gasteiger partial charge >= 0.3 is 0 Å². The minimum absolute atomic E-state index is 0. The summed E-state index contributed by atoms with van der Waals surface area (Å²) in [5.41, 5.74) is 2.14. The highest BCUT2D eigenvalue weighted by atomic mass is 35.5. The molecular weight excluding hydrogens is 608 g/mol. The molecule has 244 valence electrons. The number of ether oxygens (including phenoxy) is 1. The number of likely N-dealkylation sites (N-methyl/N-ethyl adjacent to an activating group) is 1. The highest BCUT2D eigenvalue weighted by Gasteiger charge is 2.42. The van der Waals surface area contributed by atoms with Crippen LogP contribution in [0.3, 0.4) is 0 Å². The van der Waals surface area contributed by atoms with Crippen molar-refractivity contribution in [3.8, 4) is 5.75 Å². The van der Waals surface area contributed by atoms with Crippen molar-refractivity contribution in [2.75, 3.05) is 31.3 Å². The molecule has 5 rings (SSSR count). The third-order valence-corrected chi connectivity index (χ3v) is 8.18. The number of hydrogen-bond donors (Lipinski definition) is 4. The zero-order valence-corrected chi connectivity index (χ0v) is 27.7. The van der Waals surface area contributed by atoms with Gasteiger partial charge in [0.25, 0.3) is 0 Å². The third-order valence-electron chi connectivity index (χ3n) is 8.18. The quantitative estimate of drug-likeness (QED) is 0.207. The number of nitrogens with one attached hydrogen (secondary N) is 4. The summed E-state index contributed by atoms with van der Waals surface area (Å²) in [4.78, 5) is 55.3. The van der Waals surface area contributed by atoms with Gasteiger partial charge in [-0.25, -0.2) is 9.97 Å². The molecule has 46 heavy (non-hydrogen) atoms. The number of pyridine rings is 1. The molecule has 3 heterocycles. The summed E-state index contributed by atoms with van der Waals surface area (Å²) in [7, 11) is 3.21. The van der Waals surface area contributed by atoms with E-state index in [4.69, 9.17) is 4.74 Å². The molecule has 0 aliphatic carbocycles. The molecule has 0 saturated carbocycles. The van der Waals surface area contributed by atoms with E-state index in [1.54, 1.807) is 37.2 Å². The molecule has 0 radical (unpaired) electrons. The predicted octanol–water partition coefficient (Wildman–Crippen LogP) is 4.42. The van der Waals surface area contributed by atoms with Gasteiger partial charge in [-0.2, -0.15) is 0 Å². The molecule has 1 aliphatic heterocycles. The van der Waals surface area contributed by atoms with Crippen LogP contribution in [0.5, 0.6) is 5.75 Å². The molecule has 4 aromatic rings. The predicted molar refractivity (Wildman–Crippen MR) is 182 cm³/mol. The van der Waals surface area contributed by atoms with Crippen LogP contribution in [0, 0.1) is 5.41 Å². The number of aromatic nitrogens is 3. The average Bonchev–Trinajstić information content (AvgIpc) is 3.53. The molecule has 1 aliphatic rings. The van der Waals surface area contributed by atoms with Crippen molar-refractivity contribution in [2.24, 2.45) is 5.41 Å². The van der Waals surface area contributed by atoms with Gasteiger partial charge in [0.1, 0.15) is 30.0 Å². The Labute approximate surface area is 274 Å². The molecule has 1 unspecified atom stereocenters. The standard InChI is InChI=1S/C33H40N8O4.ClH/c1-19(34-5)30(42)40-28(33(2,3)4)32(44)41-15-9-13-26(41)31(43)39-25-16-21-24(17-27(25)45-6)36-18-37-29(21)38-23-12-7-11-22-20(23)10-8-14-35-22;/h7-8,10-12,14,16-19,26,28,34H,9,13,15H2,1-6H3,(H,39,43)(H,40,42)(H,36,37,38);1H/t19-,26?,28+;/m0./s1. The Bertz CT molecular complexity index is 1740. The Hall–Kier alpha value is -4.55. The van der Waals surface area contributed by atoms with E-state index in [0.717, 1.165) is 16.6 Å². The fourth-order valence-corrected chi connectivity index (χ4v) is 5.52. The Morgan fingerprint density at radius 1 is 1.00 bits per heavy atom. The number of amides is 3. The first-order valence-electron chi connectivity index (χ1n) is 15.0. The summed E-state index contributed by atoms with van der Waals surface area (Å²) in [6.45, 7) is 7.83. The van der Waals surface area contributed by atoms with E-state index in [1.807, 2.05) is 51.1 Å². The van der Waals surface area contributed by atoms with Gasteiger partial charge in [0.15, 0.2) is 0 Å². The molecule has 4 N–H and O–H groups in total. The van der Waals surface area contributed by atoms with E-state index in [-0.39, 0.29) is 30.1 Å². The summed E-state index contributed by atoms with van der Waals surface area (Å²) >= 11 is 0. The number of hydrogen-bond acceptors (Lipinski definition) is 9. The lowest BCUT2D eigenvalue weighted by Gasteiger charge is -2.36. The molecule has 12 nitrogen and oxygen atoms in total. The molecular formula is C33H41ClN8O4. The number of halogens is 1. The molecule has 3 amide bonds. The first kappa shape index (κ1) is 34.3. The SMILES string of the molecule is CN[C@@H](C)C(=O)N[C@H](C(=O)N1CCCC1C(=O)Nc1cc2c(Nc3cccc4ncccc34)ncnc2cc1OC)C(C)(C)C.Cl. The maximum absolute atomic E-state index is 13.9. The first-order chi connectivity index (χ1) is 21.5. The lowest BCUT2D eigenvalue weighted by atomic mass is 9.85. The number of anilines is 3. The molecule has 3 atom stereocenters. The fraction of sp³-hybridized carbons (Fsp3) is 0.394. The topological polar surface area (TPSA) is 150 Å². The highest BCUT2D eigenvalue weighted by Crippen LogP contribution is 2.35. The lowest BCUT2D eigenvalue weighted by molar-refractivity contribution is -0.143. The number of fused-ring (bicyclic) bond motifs is 2. The van der Waals surface area contributed by atoms with Crippen LogP contribution in [0.25, 0.3) is 21.8 Å². The molecule has 1 saturated heterocycles. The van der Waals surface area contributed by atoms with Gasteiger partial charge < -0.3 is 30.9 Å². The van der Waals surface area contributed by atoms with Crippen molar-refractivity contribution >= 4 is 69.1 Å². The van der Waals surface area contributed by atoms with Gasteiger partial charge in [0.05, 0.1) is 29.9 Å². The van der Waals surface area contributed by atoms with Crippen LogP contribution in [0.1, 0.15) is 40.5 Å². The van der Waals surface area contributed by atoms with Gasteiger partial charge in [0, 0.05) is 35.3 Å².